The van der Waals surface area contributed by atoms with Gasteiger partial charge in [0.25, 0.3) is 0 Å². The predicted molar refractivity (Wildman–Crippen MR) is 125 cm³/mol. The molecule has 0 saturated heterocycles. The Morgan fingerprint density at radius 2 is 1.74 bits per heavy atom. The molecule has 11 heteroatoms. The van der Waals surface area contributed by atoms with Crippen LogP contribution in [-0.2, 0) is 27.9 Å². The van der Waals surface area contributed by atoms with E-state index in [0.29, 0.717) is 10.3 Å². The fourth-order valence-electron chi connectivity index (χ4n) is 4.00. The molecule has 0 radical (unpaired) electrons. The molecule has 1 aliphatic carbocycles. The molecule has 0 bridgehead atoms. The first-order chi connectivity index (χ1) is 16.3. The highest BCUT2D eigenvalue weighted by Gasteiger charge is 2.30. The van der Waals surface area contributed by atoms with Gasteiger partial charge in [-0.2, -0.15) is 0 Å². The van der Waals surface area contributed by atoms with Crippen LogP contribution in [0.15, 0.2) is 53.1 Å². The number of carbonyl (C=O) groups is 3. The number of rotatable bonds is 8. The van der Waals surface area contributed by atoms with Gasteiger partial charge in [0.2, 0.25) is 5.91 Å². The van der Waals surface area contributed by atoms with E-state index < -0.39 is 30.4 Å². The number of nitrogens with zero attached hydrogens (tertiary/aromatic N) is 3. The van der Waals surface area contributed by atoms with E-state index >= 15 is 0 Å². The summed E-state index contributed by atoms with van der Waals surface area (Å²) in [6.45, 7) is 0.0975. The number of hydrogen-bond donors (Lipinski definition) is 3. The number of halogens is 1. The van der Waals surface area contributed by atoms with Crippen LogP contribution in [0.2, 0.25) is 0 Å². The van der Waals surface area contributed by atoms with Crippen molar-refractivity contribution in [2.75, 3.05) is 6.61 Å². The van der Waals surface area contributed by atoms with Crippen LogP contribution in [0, 0.1) is 0 Å². The normalized spacial score (nSPS) is 13.0. The van der Waals surface area contributed by atoms with Gasteiger partial charge in [-0.05, 0) is 38.2 Å². The first kappa shape index (κ1) is 23.4. The van der Waals surface area contributed by atoms with Gasteiger partial charge in [0.15, 0.2) is 4.60 Å². The first-order valence-corrected chi connectivity index (χ1v) is 11.3. The zero-order valence-electron chi connectivity index (χ0n) is 18.2. The zero-order valence-corrected chi connectivity index (χ0v) is 19.8. The highest BCUT2D eigenvalue weighted by molar-refractivity contribution is 9.10. The number of aryl methyl sites for hydroxylation is 1. The standard InChI is InChI=1S/C23H22BrN5O5/c1-29-19(21(24)27-28-29)11-25-22(32)18(10-20(30)31)26-23(33)34-12-17-15-8-4-2-6-13(15)14-7-3-5-9-16(14)17/h2-9,17-18H,10-12H2,1H3,(H,25,32)(H,26,33)(H,30,31). The third kappa shape index (κ3) is 4.93. The molecule has 2 aromatic carbocycles. The number of hydrogen-bond acceptors (Lipinski definition) is 6. The Balaban J connectivity index is 1.40. The van der Waals surface area contributed by atoms with Crippen LogP contribution < -0.4 is 10.6 Å². The maximum atomic E-state index is 12.6. The van der Waals surface area contributed by atoms with Crippen molar-refractivity contribution in [3.63, 3.8) is 0 Å². The average molecular weight is 528 g/mol. The van der Waals surface area contributed by atoms with Crippen molar-refractivity contribution in [3.8, 4) is 11.1 Å². The number of aliphatic carboxylic acids is 1. The molecule has 2 amide bonds. The fourth-order valence-corrected chi connectivity index (χ4v) is 4.47. The van der Waals surface area contributed by atoms with E-state index in [9.17, 15) is 19.5 Å². The number of amides is 2. The van der Waals surface area contributed by atoms with Crippen molar-refractivity contribution in [2.24, 2.45) is 7.05 Å². The highest BCUT2D eigenvalue weighted by Crippen LogP contribution is 2.44. The number of benzene rings is 2. The summed E-state index contributed by atoms with van der Waals surface area (Å²) in [5, 5.41) is 21.8. The van der Waals surface area contributed by atoms with Gasteiger partial charge in [0, 0.05) is 13.0 Å². The summed E-state index contributed by atoms with van der Waals surface area (Å²) in [6, 6.07) is 14.5. The lowest BCUT2D eigenvalue weighted by molar-refractivity contribution is -0.139. The SMILES string of the molecule is Cn1nnc(Br)c1CNC(=O)C(CC(=O)O)NC(=O)OCC1c2ccccc2-c2ccccc21. The van der Waals surface area contributed by atoms with Crippen molar-refractivity contribution in [2.45, 2.75) is 24.9 Å². The second-order valence-corrected chi connectivity index (χ2v) is 8.54. The summed E-state index contributed by atoms with van der Waals surface area (Å²) in [6.07, 6.45) is -1.47. The molecule has 3 aromatic rings. The summed E-state index contributed by atoms with van der Waals surface area (Å²) in [5.74, 6) is -2.05. The second-order valence-electron chi connectivity index (χ2n) is 7.79. The number of ether oxygens (including phenoxy) is 1. The van der Waals surface area contributed by atoms with Crippen molar-refractivity contribution < 1.29 is 24.2 Å². The molecule has 1 unspecified atom stereocenters. The van der Waals surface area contributed by atoms with E-state index in [4.69, 9.17) is 4.74 Å². The lowest BCUT2D eigenvalue weighted by Gasteiger charge is -2.18. The topological polar surface area (TPSA) is 135 Å². The van der Waals surface area contributed by atoms with Gasteiger partial charge < -0.3 is 20.5 Å². The quantitative estimate of drug-likeness (QED) is 0.409. The van der Waals surface area contributed by atoms with E-state index in [-0.39, 0.29) is 19.1 Å². The second kappa shape index (κ2) is 10.0. The molecule has 1 aliphatic rings. The lowest BCUT2D eigenvalue weighted by atomic mass is 9.98. The molecule has 0 aliphatic heterocycles. The number of carboxylic acid groups (broad SMARTS) is 1. The van der Waals surface area contributed by atoms with Crippen LogP contribution in [0.4, 0.5) is 4.79 Å². The molecule has 34 heavy (non-hydrogen) atoms. The highest BCUT2D eigenvalue weighted by atomic mass is 79.9. The Kier molecular flexibility index (Phi) is 6.92. The van der Waals surface area contributed by atoms with E-state index in [1.807, 2.05) is 48.5 Å². The van der Waals surface area contributed by atoms with Gasteiger partial charge in [-0.25, -0.2) is 9.48 Å². The van der Waals surface area contributed by atoms with Crippen LogP contribution in [0.5, 0.6) is 0 Å². The maximum absolute atomic E-state index is 12.6. The third-order valence-electron chi connectivity index (χ3n) is 5.66. The van der Waals surface area contributed by atoms with Gasteiger partial charge in [0.05, 0.1) is 18.7 Å². The molecule has 0 fully saturated rings. The van der Waals surface area contributed by atoms with Gasteiger partial charge in [0.1, 0.15) is 12.6 Å². The Bertz CT molecular complexity index is 1180. The van der Waals surface area contributed by atoms with Crippen molar-refractivity contribution >= 4 is 33.9 Å². The van der Waals surface area contributed by atoms with Gasteiger partial charge in [-0.1, -0.05) is 53.7 Å². The molecular weight excluding hydrogens is 506 g/mol. The minimum atomic E-state index is -1.31. The molecule has 176 valence electrons. The van der Waals surface area contributed by atoms with E-state index in [0.717, 1.165) is 22.3 Å². The number of fused-ring (bicyclic) bond motifs is 3. The minimum Gasteiger partial charge on any atom is -0.481 e. The smallest absolute Gasteiger partial charge is 0.407 e. The van der Waals surface area contributed by atoms with E-state index in [1.165, 1.54) is 4.68 Å². The molecule has 3 N–H and O–H groups in total. The molecule has 1 atom stereocenters. The third-order valence-corrected chi connectivity index (χ3v) is 6.27. The molecular formula is C23H22BrN5O5. The van der Waals surface area contributed by atoms with Crippen LogP contribution in [0.1, 0.15) is 29.2 Å². The Labute approximate surface area is 203 Å². The molecule has 10 nitrogen and oxygen atoms in total. The van der Waals surface area contributed by atoms with Crippen molar-refractivity contribution in [1.29, 1.82) is 0 Å². The summed E-state index contributed by atoms with van der Waals surface area (Å²) in [4.78, 5) is 36.4. The number of carbonyl (C=O) groups excluding carboxylic acids is 2. The van der Waals surface area contributed by atoms with E-state index in [2.05, 4.69) is 36.9 Å². The molecule has 0 spiro atoms. The largest absolute Gasteiger partial charge is 0.481 e. The van der Waals surface area contributed by atoms with Gasteiger partial charge in [-0.3, -0.25) is 9.59 Å². The van der Waals surface area contributed by atoms with Crippen LogP contribution in [-0.4, -0.2) is 50.7 Å². The number of alkyl carbamates (subject to hydrolysis) is 1. The number of aromatic nitrogens is 3. The fraction of sp³-hybridized carbons (Fsp3) is 0.261. The lowest BCUT2D eigenvalue weighted by Crippen LogP contribution is -2.48. The number of nitrogens with one attached hydrogen (secondary N) is 2. The summed E-state index contributed by atoms with van der Waals surface area (Å²) >= 11 is 3.23. The Morgan fingerprint density at radius 1 is 1.12 bits per heavy atom. The molecule has 1 aromatic heterocycles. The summed E-state index contributed by atoms with van der Waals surface area (Å²) < 4.78 is 7.36. The Hall–Kier alpha value is -3.73. The molecule has 1 heterocycles. The Morgan fingerprint density at radius 3 is 2.29 bits per heavy atom. The number of carboxylic acids is 1. The predicted octanol–water partition coefficient (Wildman–Crippen LogP) is 2.58. The van der Waals surface area contributed by atoms with E-state index in [1.54, 1.807) is 7.05 Å². The maximum Gasteiger partial charge on any atom is 0.407 e. The van der Waals surface area contributed by atoms with Crippen LogP contribution >= 0.6 is 15.9 Å². The molecule has 4 rings (SSSR count). The van der Waals surface area contributed by atoms with Gasteiger partial charge in [-0.15, -0.1) is 5.10 Å². The van der Waals surface area contributed by atoms with Crippen molar-refractivity contribution in [1.82, 2.24) is 25.6 Å². The van der Waals surface area contributed by atoms with Gasteiger partial charge >= 0.3 is 12.1 Å². The minimum absolute atomic E-state index is 0.0470. The summed E-state index contributed by atoms with van der Waals surface area (Å²) in [5.41, 5.74) is 4.86. The van der Waals surface area contributed by atoms with Crippen LogP contribution in [0.25, 0.3) is 11.1 Å². The molecule has 0 saturated carbocycles. The zero-order chi connectivity index (χ0) is 24.2. The summed E-state index contributed by atoms with van der Waals surface area (Å²) in [7, 11) is 1.66. The van der Waals surface area contributed by atoms with Crippen molar-refractivity contribution in [3.05, 3.63) is 70.0 Å². The average Bonchev–Trinajstić information content (AvgIpc) is 3.31. The van der Waals surface area contributed by atoms with Crippen LogP contribution in [0.3, 0.4) is 0 Å². The first-order valence-electron chi connectivity index (χ1n) is 10.5. The monoisotopic (exact) mass is 527 g/mol.